The summed E-state index contributed by atoms with van der Waals surface area (Å²) in [6.07, 6.45) is 0. The topological polar surface area (TPSA) is 67.0 Å². The molecule has 0 fully saturated rings. The van der Waals surface area contributed by atoms with Gasteiger partial charge in [-0.15, -0.1) is 0 Å². The highest BCUT2D eigenvalue weighted by atomic mass is 16.5. The van der Waals surface area contributed by atoms with Gasteiger partial charge < -0.3 is 15.0 Å². The summed E-state index contributed by atoms with van der Waals surface area (Å²) in [7, 11) is 0. The lowest BCUT2D eigenvalue weighted by Gasteiger charge is -2.10. The van der Waals surface area contributed by atoms with Crippen molar-refractivity contribution in [3.05, 3.63) is 78.4 Å². The van der Waals surface area contributed by atoms with Crippen molar-refractivity contribution < 1.29 is 9.53 Å². The Bertz CT molecular complexity index is 1090. The summed E-state index contributed by atoms with van der Waals surface area (Å²) in [6.45, 7) is 1.98. The van der Waals surface area contributed by atoms with Gasteiger partial charge in [0.2, 0.25) is 0 Å². The van der Waals surface area contributed by atoms with Crippen LogP contribution in [-0.2, 0) is 4.79 Å². The summed E-state index contributed by atoms with van der Waals surface area (Å²) in [4.78, 5) is 20.3. The van der Waals surface area contributed by atoms with Gasteiger partial charge in [-0.1, -0.05) is 36.4 Å². The molecule has 1 heterocycles. The van der Waals surface area contributed by atoms with Crippen LogP contribution < -0.4 is 10.1 Å². The fourth-order valence-electron chi connectivity index (χ4n) is 2.90. The lowest BCUT2D eigenvalue weighted by atomic mass is 10.1. The number of hydrogen-bond donors (Lipinski definition) is 2. The molecule has 3 aromatic carbocycles. The van der Waals surface area contributed by atoms with Crippen LogP contribution in [0, 0.1) is 6.92 Å². The van der Waals surface area contributed by atoms with Crippen LogP contribution in [-0.4, -0.2) is 22.5 Å². The van der Waals surface area contributed by atoms with Gasteiger partial charge in [0.15, 0.2) is 6.61 Å². The molecule has 27 heavy (non-hydrogen) atoms. The highest BCUT2D eigenvalue weighted by molar-refractivity contribution is 5.96. The van der Waals surface area contributed by atoms with E-state index in [0.29, 0.717) is 11.4 Å². The molecule has 0 aliphatic carbocycles. The van der Waals surface area contributed by atoms with E-state index in [9.17, 15) is 4.79 Å². The van der Waals surface area contributed by atoms with Crippen molar-refractivity contribution >= 4 is 22.6 Å². The predicted molar refractivity (Wildman–Crippen MR) is 107 cm³/mol. The molecule has 0 aliphatic heterocycles. The number of rotatable bonds is 5. The first kappa shape index (κ1) is 16.8. The number of hydrogen-bond acceptors (Lipinski definition) is 3. The molecule has 0 spiro atoms. The monoisotopic (exact) mass is 357 g/mol. The average Bonchev–Trinajstić information content (AvgIpc) is 3.10. The quantitative estimate of drug-likeness (QED) is 0.550. The van der Waals surface area contributed by atoms with Crippen molar-refractivity contribution in [2.75, 3.05) is 11.9 Å². The van der Waals surface area contributed by atoms with E-state index in [0.717, 1.165) is 28.0 Å². The van der Waals surface area contributed by atoms with Gasteiger partial charge >= 0.3 is 0 Å². The number of carbonyl (C=O) groups is 1. The lowest BCUT2D eigenvalue weighted by molar-refractivity contribution is -0.118. The Hall–Kier alpha value is -3.60. The van der Waals surface area contributed by atoms with Crippen molar-refractivity contribution in [2.24, 2.45) is 0 Å². The summed E-state index contributed by atoms with van der Waals surface area (Å²) in [6, 6.07) is 22.9. The van der Waals surface area contributed by atoms with Crippen LogP contribution in [0.15, 0.2) is 72.8 Å². The molecule has 0 saturated carbocycles. The highest BCUT2D eigenvalue weighted by Gasteiger charge is 2.12. The number of benzene rings is 3. The van der Waals surface area contributed by atoms with Crippen molar-refractivity contribution in [1.29, 1.82) is 0 Å². The summed E-state index contributed by atoms with van der Waals surface area (Å²) in [5.41, 5.74) is 4.55. The van der Waals surface area contributed by atoms with Gasteiger partial charge in [-0.05, 0) is 48.9 Å². The third kappa shape index (κ3) is 3.82. The molecule has 0 radical (unpaired) electrons. The molecule has 0 bridgehead atoms. The van der Waals surface area contributed by atoms with Crippen LogP contribution >= 0.6 is 0 Å². The van der Waals surface area contributed by atoms with E-state index in [2.05, 4.69) is 21.4 Å². The zero-order chi connectivity index (χ0) is 18.6. The largest absolute Gasteiger partial charge is 0.484 e. The number of nitrogens with zero attached hydrogens (tertiary/aromatic N) is 1. The van der Waals surface area contributed by atoms with Crippen LogP contribution in [0.2, 0.25) is 0 Å². The maximum atomic E-state index is 12.3. The zero-order valence-electron chi connectivity index (χ0n) is 14.9. The first-order valence-corrected chi connectivity index (χ1v) is 8.72. The number of amides is 1. The van der Waals surface area contributed by atoms with E-state index in [4.69, 9.17) is 4.74 Å². The first-order chi connectivity index (χ1) is 13.2. The van der Waals surface area contributed by atoms with Gasteiger partial charge in [-0.25, -0.2) is 4.98 Å². The summed E-state index contributed by atoms with van der Waals surface area (Å²) in [5, 5.41) is 2.91. The number of H-pyrrole nitrogens is 1. The minimum atomic E-state index is -0.224. The molecule has 5 heteroatoms. The van der Waals surface area contributed by atoms with Crippen LogP contribution in [0.3, 0.4) is 0 Å². The molecular formula is C22H19N3O2. The minimum absolute atomic E-state index is 0.0579. The number of nitrogens with one attached hydrogen (secondary N) is 2. The Labute approximate surface area is 157 Å². The lowest BCUT2D eigenvalue weighted by Crippen LogP contribution is -2.20. The number of carbonyl (C=O) groups excluding carboxylic acids is 1. The number of aromatic nitrogens is 2. The molecule has 0 unspecified atom stereocenters. The fourth-order valence-corrected chi connectivity index (χ4v) is 2.90. The zero-order valence-corrected chi connectivity index (χ0v) is 14.9. The number of aryl methyl sites for hydroxylation is 1. The van der Waals surface area contributed by atoms with Crippen LogP contribution in [0.4, 0.5) is 5.69 Å². The van der Waals surface area contributed by atoms with Crippen molar-refractivity contribution in [3.8, 4) is 17.1 Å². The van der Waals surface area contributed by atoms with E-state index in [1.165, 1.54) is 0 Å². The van der Waals surface area contributed by atoms with Gasteiger partial charge in [0.1, 0.15) is 11.6 Å². The van der Waals surface area contributed by atoms with Crippen LogP contribution in [0.1, 0.15) is 5.56 Å². The fraction of sp³-hybridized carbons (Fsp3) is 0.0909. The SMILES string of the molecule is Cc1ccc2nc(-c3ccccc3NC(=O)COc3ccccc3)[nH]c2c1. The standard InChI is InChI=1S/C22H19N3O2/c1-15-11-12-19-20(13-15)25-22(24-19)17-9-5-6-10-18(17)23-21(26)14-27-16-7-3-2-4-8-16/h2-13H,14H2,1H3,(H,23,26)(H,24,25). The van der Waals surface area contributed by atoms with Gasteiger partial charge in [0.05, 0.1) is 16.7 Å². The smallest absolute Gasteiger partial charge is 0.262 e. The highest BCUT2D eigenvalue weighted by Crippen LogP contribution is 2.27. The summed E-state index contributed by atoms with van der Waals surface area (Å²) < 4.78 is 5.51. The van der Waals surface area contributed by atoms with E-state index in [-0.39, 0.29) is 12.5 Å². The maximum absolute atomic E-state index is 12.3. The maximum Gasteiger partial charge on any atom is 0.262 e. The molecule has 5 nitrogen and oxygen atoms in total. The average molecular weight is 357 g/mol. The minimum Gasteiger partial charge on any atom is -0.484 e. The summed E-state index contributed by atoms with van der Waals surface area (Å²) in [5.74, 6) is 1.15. The Morgan fingerprint density at radius 2 is 1.81 bits per heavy atom. The normalized spacial score (nSPS) is 10.7. The van der Waals surface area contributed by atoms with Gasteiger partial charge in [0.25, 0.3) is 5.91 Å². The molecule has 1 aromatic heterocycles. The Morgan fingerprint density at radius 1 is 1.04 bits per heavy atom. The second-order valence-corrected chi connectivity index (χ2v) is 6.30. The van der Waals surface area contributed by atoms with E-state index < -0.39 is 0 Å². The number of para-hydroxylation sites is 2. The Balaban J connectivity index is 1.54. The molecule has 134 valence electrons. The van der Waals surface area contributed by atoms with Gasteiger partial charge in [-0.2, -0.15) is 0 Å². The number of ether oxygens (including phenoxy) is 1. The number of fused-ring (bicyclic) bond motifs is 1. The third-order valence-corrected chi connectivity index (χ3v) is 4.21. The summed E-state index contributed by atoms with van der Waals surface area (Å²) >= 11 is 0. The number of imidazole rings is 1. The van der Waals surface area contributed by atoms with Gasteiger partial charge in [0, 0.05) is 5.56 Å². The van der Waals surface area contributed by atoms with Crippen molar-refractivity contribution in [2.45, 2.75) is 6.92 Å². The third-order valence-electron chi connectivity index (χ3n) is 4.21. The molecule has 2 N–H and O–H groups in total. The van der Waals surface area contributed by atoms with Gasteiger partial charge in [-0.3, -0.25) is 4.79 Å². The Morgan fingerprint density at radius 3 is 2.67 bits per heavy atom. The number of anilines is 1. The molecule has 4 aromatic rings. The molecular weight excluding hydrogens is 338 g/mol. The van der Waals surface area contributed by atoms with Crippen LogP contribution in [0.5, 0.6) is 5.75 Å². The Kier molecular flexibility index (Phi) is 4.58. The van der Waals surface area contributed by atoms with E-state index >= 15 is 0 Å². The van der Waals surface area contributed by atoms with Crippen molar-refractivity contribution in [1.82, 2.24) is 9.97 Å². The predicted octanol–water partition coefficient (Wildman–Crippen LogP) is 4.56. The second-order valence-electron chi connectivity index (χ2n) is 6.30. The second kappa shape index (κ2) is 7.33. The van der Waals surface area contributed by atoms with E-state index in [1.54, 1.807) is 0 Å². The van der Waals surface area contributed by atoms with E-state index in [1.807, 2.05) is 73.7 Å². The van der Waals surface area contributed by atoms with Crippen LogP contribution in [0.25, 0.3) is 22.4 Å². The molecule has 1 amide bonds. The van der Waals surface area contributed by atoms with Crippen molar-refractivity contribution in [3.63, 3.8) is 0 Å². The molecule has 4 rings (SSSR count). The number of aromatic amines is 1. The molecule has 0 atom stereocenters. The molecule has 0 aliphatic rings. The first-order valence-electron chi connectivity index (χ1n) is 8.72. The molecule has 0 saturated heterocycles.